The summed E-state index contributed by atoms with van der Waals surface area (Å²) in [7, 11) is 0. The molecular weight excluding hydrogens is 180 g/mol. The molecule has 0 aliphatic rings. The molecule has 1 aromatic rings. The molecule has 78 valence electrons. The minimum atomic E-state index is -0.178. The van der Waals surface area contributed by atoms with Crippen molar-refractivity contribution in [1.29, 1.82) is 0 Å². The van der Waals surface area contributed by atoms with Crippen LogP contribution in [0.4, 0.5) is 10.5 Å². The highest BCUT2D eigenvalue weighted by Crippen LogP contribution is 2.05. The Morgan fingerprint density at radius 3 is 3.00 bits per heavy atom. The molecule has 4 heteroatoms. The van der Waals surface area contributed by atoms with Crippen LogP contribution in [0, 0.1) is 0 Å². The number of hydrogen-bond acceptors (Lipinski definition) is 2. The van der Waals surface area contributed by atoms with E-state index in [4.69, 9.17) is 4.42 Å². The molecule has 0 bridgehead atoms. The zero-order chi connectivity index (χ0) is 10.2. The molecule has 0 aliphatic heterocycles. The van der Waals surface area contributed by atoms with E-state index in [-0.39, 0.29) is 6.03 Å². The molecule has 1 aromatic heterocycles. The summed E-state index contributed by atoms with van der Waals surface area (Å²) >= 11 is 0. The van der Waals surface area contributed by atoms with Gasteiger partial charge in [0.25, 0.3) is 0 Å². The highest BCUT2D eigenvalue weighted by atomic mass is 16.3. The Bertz CT molecular complexity index is 257. The average Bonchev–Trinajstić information content (AvgIpc) is 2.65. The topological polar surface area (TPSA) is 54.3 Å². The van der Waals surface area contributed by atoms with E-state index in [2.05, 4.69) is 17.6 Å². The molecule has 0 saturated carbocycles. The van der Waals surface area contributed by atoms with Crippen molar-refractivity contribution in [2.45, 2.75) is 26.2 Å². The third-order valence-electron chi connectivity index (χ3n) is 1.84. The molecule has 1 rings (SSSR count). The Balaban J connectivity index is 2.11. The first kappa shape index (κ1) is 10.6. The van der Waals surface area contributed by atoms with E-state index >= 15 is 0 Å². The van der Waals surface area contributed by atoms with Crippen LogP contribution < -0.4 is 10.6 Å². The molecule has 0 atom stereocenters. The minimum absolute atomic E-state index is 0.178. The standard InChI is InChI=1S/C10H16N2O2/c1-2-3-4-6-11-10(13)12-9-5-7-14-8-9/h5,7-8H,2-4,6H2,1H3,(H2,11,12,13). The Morgan fingerprint density at radius 1 is 1.50 bits per heavy atom. The van der Waals surface area contributed by atoms with Crippen LogP contribution in [0.1, 0.15) is 26.2 Å². The Labute approximate surface area is 83.7 Å². The molecular formula is C10H16N2O2. The summed E-state index contributed by atoms with van der Waals surface area (Å²) in [4.78, 5) is 11.2. The van der Waals surface area contributed by atoms with Gasteiger partial charge in [0.15, 0.2) is 0 Å². The van der Waals surface area contributed by atoms with E-state index in [1.165, 1.54) is 12.5 Å². The van der Waals surface area contributed by atoms with Crippen LogP contribution in [0.5, 0.6) is 0 Å². The van der Waals surface area contributed by atoms with Gasteiger partial charge in [0, 0.05) is 12.6 Å². The van der Waals surface area contributed by atoms with E-state index in [1.807, 2.05) is 0 Å². The van der Waals surface area contributed by atoms with Crippen molar-refractivity contribution in [2.24, 2.45) is 0 Å². The van der Waals surface area contributed by atoms with E-state index < -0.39 is 0 Å². The van der Waals surface area contributed by atoms with Crippen molar-refractivity contribution in [3.05, 3.63) is 18.6 Å². The number of hydrogen-bond donors (Lipinski definition) is 2. The van der Waals surface area contributed by atoms with Crippen LogP contribution in [0.25, 0.3) is 0 Å². The average molecular weight is 196 g/mol. The van der Waals surface area contributed by atoms with Crippen molar-refractivity contribution in [3.8, 4) is 0 Å². The molecule has 4 nitrogen and oxygen atoms in total. The third-order valence-corrected chi connectivity index (χ3v) is 1.84. The van der Waals surface area contributed by atoms with Crippen molar-refractivity contribution in [1.82, 2.24) is 5.32 Å². The van der Waals surface area contributed by atoms with Crippen molar-refractivity contribution >= 4 is 11.7 Å². The fraction of sp³-hybridized carbons (Fsp3) is 0.500. The van der Waals surface area contributed by atoms with Crippen LogP contribution in [0.2, 0.25) is 0 Å². The number of carbonyl (C=O) groups excluding carboxylic acids is 1. The second-order valence-electron chi connectivity index (χ2n) is 3.10. The number of rotatable bonds is 5. The molecule has 0 aliphatic carbocycles. The van der Waals surface area contributed by atoms with Gasteiger partial charge in [0.2, 0.25) is 0 Å². The molecule has 2 N–H and O–H groups in total. The van der Waals surface area contributed by atoms with Gasteiger partial charge in [-0.05, 0) is 6.42 Å². The summed E-state index contributed by atoms with van der Waals surface area (Å²) in [6.07, 6.45) is 6.34. The summed E-state index contributed by atoms with van der Waals surface area (Å²) < 4.78 is 4.82. The monoisotopic (exact) mass is 196 g/mol. The summed E-state index contributed by atoms with van der Waals surface area (Å²) in [5.41, 5.74) is 0.679. The summed E-state index contributed by atoms with van der Waals surface area (Å²) in [5, 5.41) is 5.42. The highest BCUT2D eigenvalue weighted by Gasteiger charge is 2.00. The number of carbonyl (C=O) groups is 1. The number of nitrogens with one attached hydrogen (secondary N) is 2. The first-order valence-electron chi connectivity index (χ1n) is 4.90. The van der Waals surface area contributed by atoms with Gasteiger partial charge >= 0.3 is 6.03 Å². The summed E-state index contributed by atoms with van der Waals surface area (Å²) in [6.45, 7) is 2.85. The van der Waals surface area contributed by atoms with Crippen LogP contribution in [-0.4, -0.2) is 12.6 Å². The Morgan fingerprint density at radius 2 is 2.36 bits per heavy atom. The second-order valence-corrected chi connectivity index (χ2v) is 3.10. The van der Waals surface area contributed by atoms with E-state index in [0.29, 0.717) is 5.69 Å². The molecule has 0 radical (unpaired) electrons. The van der Waals surface area contributed by atoms with Gasteiger partial charge in [-0.15, -0.1) is 0 Å². The molecule has 0 fully saturated rings. The molecule has 0 unspecified atom stereocenters. The maximum Gasteiger partial charge on any atom is 0.319 e. The Kier molecular flexibility index (Phi) is 4.61. The first-order chi connectivity index (χ1) is 6.83. The van der Waals surface area contributed by atoms with Crippen LogP contribution in [0.3, 0.4) is 0 Å². The highest BCUT2D eigenvalue weighted by molar-refractivity contribution is 5.88. The van der Waals surface area contributed by atoms with Gasteiger partial charge in [0.05, 0.1) is 12.0 Å². The predicted octanol–water partition coefficient (Wildman–Crippen LogP) is 2.59. The normalized spacial score (nSPS) is 9.79. The quantitative estimate of drug-likeness (QED) is 0.711. The molecule has 1 heterocycles. The second kappa shape index (κ2) is 6.07. The van der Waals surface area contributed by atoms with E-state index in [0.717, 1.165) is 25.8 Å². The van der Waals surface area contributed by atoms with Gasteiger partial charge in [0.1, 0.15) is 6.26 Å². The lowest BCUT2D eigenvalue weighted by Crippen LogP contribution is -2.29. The lowest BCUT2D eigenvalue weighted by atomic mass is 10.2. The molecule has 0 aromatic carbocycles. The van der Waals surface area contributed by atoms with Crippen molar-refractivity contribution in [2.75, 3.05) is 11.9 Å². The lowest BCUT2D eigenvalue weighted by molar-refractivity contribution is 0.252. The van der Waals surface area contributed by atoms with Gasteiger partial charge < -0.3 is 15.1 Å². The summed E-state index contributed by atoms with van der Waals surface area (Å²) in [6, 6.07) is 1.52. The van der Waals surface area contributed by atoms with Crippen molar-refractivity contribution in [3.63, 3.8) is 0 Å². The number of anilines is 1. The zero-order valence-electron chi connectivity index (χ0n) is 8.38. The smallest absolute Gasteiger partial charge is 0.319 e. The van der Waals surface area contributed by atoms with Crippen LogP contribution in [-0.2, 0) is 0 Å². The van der Waals surface area contributed by atoms with Crippen LogP contribution >= 0.6 is 0 Å². The van der Waals surface area contributed by atoms with Crippen LogP contribution in [0.15, 0.2) is 23.0 Å². The number of amides is 2. The fourth-order valence-corrected chi connectivity index (χ4v) is 1.09. The first-order valence-corrected chi connectivity index (χ1v) is 4.90. The molecule has 2 amide bonds. The largest absolute Gasteiger partial charge is 0.470 e. The Hall–Kier alpha value is -1.45. The number of furan rings is 1. The van der Waals surface area contributed by atoms with Gasteiger partial charge in [-0.1, -0.05) is 19.8 Å². The zero-order valence-corrected chi connectivity index (χ0v) is 8.38. The SMILES string of the molecule is CCCCCNC(=O)Nc1ccoc1. The number of urea groups is 1. The van der Waals surface area contributed by atoms with E-state index in [9.17, 15) is 4.79 Å². The minimum Gasteiger partial charge on any atom is -0.470 e. The molecule has 14 heavy (non-hydrogen) atoms. The molecule has 0 spiro atoms. The number of unbranched alkanes of at least 4 members (excludes halogenated alkanes) is 2. The van der Waals surface area contributed by atoms with E-state index in [1.54, 1.807) is 6.07 Å². The summed E-state index contributed by atoms with van der Waals surface area (Å²) in [5.74, 6) is 0. The van der Waals surface area contributed by atoms with Crippen molar-refractivity contribution < 1.29 is 9.21 Å². The van der Waals surface area contributed by atoms with Gasteiger partial charge in [-0.2, -0.15) is 0 Å². The van der Waals surface area contributed by atoms with Gasteiger partial charge in [-0.25, -0.2) is 4.79 Å². The maximum atomic E-state index is 11.2. The maximum absolute atomic E-state index is 11.2. The third kappa shape index (κ3) is 3.98. The predicted molar refractivity (Wildman–Crippen MR) is 55.3 cm³/mol. The van der Waals surface area contributed by atoms with Gasteiger partial charge in [-0.3, -0.25) is 0 Å². The lowest BCUT2D eigenvalue weighted by Gasteiger charge is -2.04. The molecule has 0 saturated heterocycles. The fourth-order valence-electron chi connectivity index (χ4n) is 1.09.